The van der Waals surface area contributed by atoms with Gasteiger partial charge in [-0.1, -0.05) is 29.8 Å². The van der Waals surface area contributed by atoms with Gasteiger partial charge in [-0.15, -0.1) is 0 Å². The number of anilines is 2. The molecule has 0 saturated carbocycles. The van der Waals surface area contributed by atoms with Crippen LogP contribution in [0.25, 0.3) is 22.2 Å². The van der Waals surface area contributed by atoms with Gasteiger partial charge in [0.1, 0.15) is 6.54 Å². The molecule has 5 rings (SSSR count). The molecule has 3 heterocycles. The largest absolute Gasteiger partial charge is 0.341 e. The van der Waals surface area contributed by atoms with Crippen molar-refractivity contribution in [3.8, 4) is 11.3 Å². The molecule has 2 aromatic carbocycles. The molecular formula is C25H25ClN6O. The fourth-order valence-electron chi connectivity index (χ4n) is 4.24. The summed E-state index contributed by atoms with van der Waals surface area (Å²) in [5.41, 5.74) is 9.58. The van der Waals surface area contributed by atoms with E-state index in [4.69, 9.17) is 22.3 Å². The molecular weight excluding hydrogens is 436 g/mol. The number of carbonyl (C=O) groups excluding carboxylic acids is 1. The number of carbonyl (C=O) groups is 1. The zero-order valence-corrected chi connectivity index (χ0v) is 18.9. The lowest BCUT2D eigenvalue weighted by Gasteiger charge is -2.30. The molecule has 1 fully saturated rings. The van der Waals surface area contributed by atoms with E-state index in [1.807, 2.05) is 70.3 Å². The quantitative estimate of drug-likeness (QED) is 0.459. The predicted molar refractivity (Wildman–Crippen MR) is 131 cm³/mol. The van der Waals surface area contributed by atoms with Crippen molar-refractivity contribution in [2.45, 2.75) is 25.4 Å². The van der Waals surface area contributed by atoms with Gasteiger partial charge >= 0.3 is 0 Å². The molecule has 1 amide bonds. The summed E-state index contributed by atoms with van der Waals surface area (Å²) < 4.78 is 2.00. The monoisotopic (exact) mass is 460 g/mol. The lowest BCUT2D eigenvalue weighted by Crippen LogP contribution is -2.44. The predicted octanol–water partition coefficient (Wildman–Crippen LogP) is 4.45. The average molecular weight is 461 g/mol. The van der Waals surface area contributed by atoms with E-state index in [9.17, 15) is 4.79 Å². The second-order valence-corrected chi connectivity index (χ2v) is 8.74. The molecule has 168 valence electrons. The molecule has 0 radical (unpaired) electrons. The highest BCUT2D eigenvalue weighted by Crippen LogP contribution is 2.29. The first-order chi connectivity index (χ1) is 16.1. The Morgan fingerprint density at radius 3 is 2.76 bits per heavy atom. The Labute approximate surface area is 197 Å². The van der Waals surface area contributed by atoms with E-state index in [1.54, 1.807) is 6.20 Å². The fourth-order valence-corrected chi connectivity index (χ4v) is 4.43. The van der Waals surface area contributed by atoms with Gasteiger partial charge in [-0.05, 0) is 49.2 Å². The zero-order chi connectivity index (χ0) is 22.8. The number of likely N-dealkylation sites (tertiary alicyclic amines) is 1. The summed E-state index contributed by atoms with van der Waals surface area (Å²) in [6.07, 6.45) is 5.42. The second kappa shape index (κ2) is 9.21. The van der Waals surface area contributed by atoms with Gasteiger partial charge in [0.2, 0.25) is 11.9 Å². The normalized spacial score (nSPS) is 14.5. The van der Waals surface area contributed by atoms with Gasteiger partial charge in [0.25, 0.3) is 0 Å². The molecule has 0 aliphatic carbocycles. The van der Waals surface area contributed by atoms with Crippen LogP contribution in [0.2, 0.25) is 5.02 Å². The van der Waals surface area contributed by atoms with Crippen molar-refractivity contribution in [1.29, 1.82) is 0 Å². The minimum Gasteiger partial charge on any atom is -0.341 e. The number of piperidine rings is 1. The fraction of sp³-hybridized carbons (Fsp3) is 0.240. The number of aromatic nitrogens is 3. The maximum absolute atomic E-state index is 12.8. The van der Waals surface area contributed by atoms with Crippen molar-refractivity contribution in [2.24, 2.45) is 5.73 Å². The summed E-state index contributed by atoms with van der Waals surface area (Å²) in [7, 11) is 0. The molecule has 1 aliphatic rings. The third kappa shape index (κ3) is 4.69. The van der Waals surface area contributed by atoms with Gasteiger partial charge in [0, 0.05) is 58.7 Å². The summed E-state index contributed by atoms with van der Waals surface area (Å²) in [5, 5.41) is 4.89. The first-order valence-electron chi connectivity index (χ1n) is 11.0. The van der Waals surface area contributed by atoms with Crippen LogP contribution in [0.3, 0.4) is 0 Å². The van der Waals surface area contributed by atoms with Gasteiger partial charge < -0.3 is 20.5 Å². The van der Waals surface area contributed by atoms with Crippen molar-refractivity contribution in [3.05, 3.63) is 72.0 Å². The molecule has 1 saturated heterocycles. The minimum absolute atomic E-state index is 0.125. The number of halogens is 1. The molecule has 3 N–H and O–H groups in total. The number of nitrogens with two attached hydrogens (primary N) is 1. The Kier molecular flexibility index (Phi) is 5.98. The van der Waals surface area contributed by atoms with Crippen molar-refractivity contribution in [1.82, 2.24) is 19.4 Å². The number of hydrogen-bond acceptors (Lipinski definition) is 5. The molecule has 0 spiro atoms. The standard InChI is InChI=1S/C25H25ClN6O/c26-17-3-1-4-19(15-17)29-25-28-11-7-22(30-25)20-5-2-6-23-21(20)10-14-32(23)16-24(33)31-12-8-18(27)9-13-31/h1-7,10-11,14-15,18H,8-9,12-13,16,27H2,(H,28,29,30). The smallest absolute Gasteiger partial charge is 0.242 e. The van der Waals surface area contributed by atoms with Gasteiger partial charge in [0.15, 0.2) is 0 Å². The third-order valence-corrected chi connectivity index (χ3v) is 6.26. The van der Waals surface area contributed by atoms with Crippen LogP contribution in [0.15, 0.2) is 67.0 Å². The van der Waals surface area contributed by atoms with Crippen LogP contribution < -0.4 is 11.1 Å². The van der Waals surface area contributed by atoms with Crippen molar-refractivity contribution in [3.63, 3.8) is 0 Å². The molecule has 8 heteroatoms. The highest BCUT2D eigenvalue weighted by Gasteiger charge is 2.21. The summed E-state index contributed by atoms with van der Waals surface area (Å²) >= 11 is 6.08. The second-order valence-electron chi connectivity index (χ2n) is 8.30. The van der Waals surface area contributed by atoms with Gasteiger partial charge in [0.05, 0.1) is 5.69 Å². The first kappa shape index (κ1) is 21.4. The Morgan fingerprint density at radius 1 is 1.12 bits per heavy atom. The number of rotatable bonds is 5. The maximum atomic E-state index is 12.8. The Bertz CT molecular complexity index is 1300. The Morgan fingerprint density at radius 2 is 1.94 bits per heavy atom. The van der Waals surface area contributed by atoms with E-state index < -0.39 is 0 Å². The first-order valence-corrected chi connectivity index (χ1v) is 11.4. The van der Waals surface area contributed by atoms with Crippen LogP contribution in [-0.4, -0.2) is 44.5 Å². The molecule has 2 aromatic heterocycles. The highest BCUT2D eigenvalue weighted by atomic mass is 35.5. The molecule has 33 heavy (non-hydrogen) atoms. The van der Waals surface area contributed by atoms with Crippen LogP contribution in [-0.2, 0) is 11.3 Å². The average Bonchev–Trinajstić information content (AvgIpc) is 3.22. The van der Waals surface area contributed by atoms with Crippen LogP contribution in [0.4, 0.5) is 11.6 Å². The zero-order valence-electron chi connectivity index (χ0n) is 18.1. The van der Waals surface area contributed by atoms with Gasteiger partial charge in [-0.3, -0.25) is 4.79 Å². The Balaban J connectivity index is 1.40. The van der Waals surface area contributed by atoms with Crippen LogP contribution in [0.1, 0.15) is 12.8 Å². The minimum atomic E-state index is 0.125. The van der Waals surface area contributed by atoms with Gasteiger partial charge in [-0.2, -0.15) is 0 Å². The SMILES string of the molecule is NC1CCN(C(=O)Cn2ccc3c(-c4ccnc(Nc5cccc(Cl)c5)n4)cccc32)CC1. The number of nitrogens with zero attached hydrogens (tertiary/aromatic N) is 4. The van der Waals surface area contributed by atoms with Crippen molar-refractivity contribution >= 4 is 40.0 Å². The lowest BCUT2D eigenvalue weighted by molar-refractivity contribution is -0.132. The number of nitrogens with one attached hydrogen (secondary N) is 1. The van der Waals surface area contributed by atoms with E-state index >= 15 is 0 Å². The van der Waals surface area contributed by atoms with Gasteiger partial charge in [-0.25, -0.2) is 9.97 Å². The van der Waals surface area contributed by atoms with Crippen LogP contribution in [0, 0.1) is 0 Å². The molecule has 1 aliphatic heterocycles. The van der Waals surface area contributed by atoms with E-state index in [0.29, 0.717) is 17.5 Å². The molecule has 0 bridgehead atoms. The lowest BCUT2D eigenvalue weighted by atomic mass is 10.1. The molecule has 0 unspecified atom stereocenters. The summed E-state index contributed by atoms with van der Waals surface area (Å²) in [4.78, 5) is 23.8. The molecule has 7 nitrogen and oxygen atoms in total. The maximum Gasteiger partial charge on any atom is 0.242 e. The summed E-state index contributed by atoms with van der Waals surface area (Å²) in [5.74, 6) is 0.615. The number of hydrogen-bond donors (Lipinski definition) is 2. The van der Waals surface area contributed by atoms with E-state index in [0.717, 1.165) is 53.8 Å². The van der Waals surface area contributed by atoms with E-state index in [2.05, 4.69) is 10.3 Å². The van der Waals surface area contributed by atoms with Crippen molar-refractivity contribution in [2.75, 3.05) is 18.4 Å². The van der Waals surface area contributed by atoms with Crippen molar-refractivity contribution < 1.29 is 4.79 Å². The number of amides is 1. The number of benzene rings is 2. The van der Waals surface area contributed by atoms with E-state index in [1.165, 1.54) is 0 Å². The van der Waals surface area contributed by atoms with Crippen LogP contribution in [0.5, 0.6) is 0 Å². The topological polar surface area (TPSA) is 89.1 Å². The Hall–Kier alpha value is -3.42. The molecule has 0 atom stereocenters. The van der Waals surface area contributed by atoms with E-state index in [-0.39, 0.29) is 11.9 Å². The summed E-state index contributed by atoms with van der Waals surface area (Å²) in [6.45, 7) is 1.77. The summed E-state index contributed by atoms with van der Waals surface area (Å²) in [6, 6.07) is 17.6. The van der Waals surface area contributed by atoms with Crippen LogP contribution >= 0.6 is 11.6 Å². The number of fused-ring (bicyclic) bond motifs is 1. The highest BCUT2D eigenvalue weighted by molar-refractivity contribution is 6.30. The third-order valence-electron chi connectivity index (χ3n) is 6.02. The molecule has 4 aromatic rings.